The number of piperidine rings is 1. The van der Waals surface area contributed by atoms with E-state index in [2.05, 4.69) is 13.8 Å². The van der Waals surface area contributed by atoms with Gasteiger partial charge in [0.2, 0.25) is 0 Å². The van der Waals surface area contributed by atoms with Gasteiger partial charge in [-0.15, -0.1) is 5.06 Å². The Kier molecular flexibility index (Phi) is 7.55. The molecule has 0 amide bonds. The zero-order valence-corrected chi connectivity index (χ0v) is 17.7. The highest BCUT2D eigenvalue weighted by Gasteiger charge is 2.41. The van der Waals surface area contributed by atoms with E-state index in [1.165, 1.54) is 0 Å². The third-order valence-corrected chi connectivity index (χ3v) is 5.44. The maximum absolute atomic E-state index is 12.1. The van der Waals surface area contributed by atoms with Gasteiger partial charge in [0.25, 0.3) is 0 Å². The van der Waals surface area contributed by atoms with E-state index in [1.54, 1.807) is 25.8 Å². The van der Waals surface area contributed by atoms with Gasteiger partial charge in [0, 0.05) is 17.5 Å². The average molecular weight is 398 g/mol. The first-order chi connectivity index (χ1) is 12.6. The van der Waals surface area contributed by atoms with Gasteiger partial charge < -0.3 is 14.7 Å². The third-order valence-electron chi connectivity index (χ3n) is 5.18. The van der Waals surface area contributed by atoms with Crippen molar-refractivity contribution in [1.82, 2.24) is 5.06 Å². The first kappa shape index (κ1) is 22.0. The number of hydrogen-bond donors (Lipinski definition) is 1. The van der Waals surface area contributed by atoms with Crippen LogP contribution in [0.1, 0.15) is 58.9 Å². The van der Waals surface area contributed by atoms with Crippen molar-refractivity contribution in [3.05, 3.63) is 34.9 Å². The molecule has 3 unspecified atom stereocenters. The second-order valence-corrected chi connectivity index (χ2v) is 8.72. The predicted molar refractivity (Wildman–Crippen MR) is 107 cm³/mol. The summed E-state index contributed by atoms with van der Waals surface area (Å²) in [5.41, 5.74) is 0.451. The van der Waals surface area contributed by atoms with E-state index in [0.717, 1.165) is 18.4 Å². The van der Waals surface area contributed by atoms with Crippen LogP contribution in [0.25, 0.3) is 0 Å². The van der Waals surface area contributed by atoms with Crippen molar-refractivity contribution in [2.24, 2.45) is 11.8 Å². The van der Waals surface area contributed by atoms with Crippen molar-refractivity contribution in [1.29, 1.82) is 0 Å². The molecular weight excluding hydrogens is 366 g/mol. The summed E-state index contributed by atoms with van der Waals surface area (Å²) in [5, 5.41) is 13.1. The van der Waals surface area contributed by atoms with Crippen LogP contribution in [0.4, 0.5) is 4.79 Å². The monoisotopic (exact) mass is 397 g/mol. The Morgan fingerprint density at radius 2 is 1.81 bits per heavy atom. The maximum atomic E-state index is 12.1. The minimum absolute atomic E-state index is 0.0225. The first-order valence-electron chi connectivity index (χ1n) is 9.74. The molecule has 1 aliphatic heterocycles. The third kappa shape index (κ3) is 6.09. The van der Waals surface area contributed by atoms with Crippen LogP contribution in [0.3, 0.4) is 0 Å². The number of benzene rings is 1. The van der Waals surface area contributed by atoms with Gasteiger partial charge in [0.05, 0.1) is 12.6 Å². The largest absolute Gasteiger partial charge is 0.528 e. The summed E-state index contributed by atoms with van der Waals surface area (Å²) < 4.78 is 5.25. The number of carbonyl (C=O) groups excluding carboxylic acids is 1. The number of aliphatic hydroxyl groups excluding tert-OH is 1. The normalized spacial score (nSPS) is 24.1. The van der Waals surface area contributed by atoms with Gasteiger partial charge in [-0.05, 0) is 50.3 Å². The lowest BCUT2D eigenvalue weighted by atomic mass is 9.71. The number of ether oxygens (including phenoxy) is 1. The molecule has 6 heteroatoms. The summed E-state index contributed by atoms with van der Waals surface area (Å²) in [6.45, 7) is 10.5. The molecule has 0 spiro atoms. The molecule has 0 aliphatic carbocycles. The molecular formula is C21H32ClNO4. The van der Waals surface area contributed by atoms with Crippen molar-refractivity contribution in [2.45, 2.75) is 65.1 Å². The highest BCUT2D eigenvalue weighted by atomic mass is 35.5. The number of aliphatic hydroxyl groups is 1. The number of halogens is 1. The van der Waals surface area contributed by atoms with Crippen molar-refractivity contribution >= 4 is 17.8 Å². The van der Waals surface area contributed by atoms with Crippen molar-refractivity contribution < 1.29 is 19.5 Å². The van der Waals surface area contributed by atoms with Crippen LogP contribution in [0, 0.1) is 11.8 Å². The molecule has 1 N–H and O–H groups in total. The number of nitrogens with zero attached hydrogens (tertiary/aromatic N) is 1. The minimum Gasteiger partial charge on any atom is -0.427 e. The summed E-state index contributed by atoms with van der Waals surface area (Å²) in [4.78, 5) is 17.5. The van der Waals surface area contributed by atoms with Gasteiger partial charge in [0.15, 0.2) is 0 Å². The minimum atomic E-state index is -0.733. The Hall–Kier alpha value is -1.30. The van der Waals surface area contributed by atoms with Crippen LogP contribution in [0.5, 0.6) is 0 Å². The average Bonchev–Trinajstić information content (AvgIpc) is 2.55. The Morgan fingerprint density at radius 1 is 1.22 bits per heavy atom. The molecule has 2 rings (SSSR count). The van der Waals surface area contributed by atoms with Crippen molar-refractivity contribution in [2.75, 3.05) is 13.1 Å². The summed E-state index contributed by atoms with van der Waals surface area (Å²) in [6, 6.07) is 7.68. The molecule has 1 aromatic carbocycles. The Morgan fingerprint density at radius 3 is 2.33 bits per heavy atom. The fourth-order valence-electron chi connectivity index (χ4n) is 3.97. The zero-order chi connectivity index (χ0) is 20.2. The summed E-state index contributed by atoms with van der Waals surface area (Å²) >= 11 is 6.03. The number of carbonyl (C=O) groups is 1. The molecule has 1 heterocycles. The van der Waals surface area contributed by atoms with Crippen LogP contribution < -0.4 is 0 Å². The lowest BCUT2D eigenvalue weighted by Gasteiger charge is -2.44. The summed E-state index contributed by atoms with van der Waals surface area (Å²) in [5.74, 6) is 0.545. The molecule has 1 aliphatic rings. The topological polar surface area (TPSA) is 59.0 Å². The fourth-order valence-corrected chi connectivity index (χ4v) is 4.10. The highest BCUT2D eigenvalue weighted by Crippen LogP contribution is 2.40. The van der Waals surface area contributed by atoms with E-state index in [-0.39, 0.29) is 18.4 Å². The Bertz CT molecular complexity index is 610. The lowest BCUT2D eigenvalue weighted by Crippen LogP contribution is -2.51. The molecule has 0 aromatic heterocycles. The molecule has 27 heavy (non-hydrogen) atoms. The molecule has 3 atom stereocenters. The van der Waals surface area contributed by atoms with E-state index in [4.69, 9.17) is 21.2 Å². The van der Waals surface area contributed by atoms with E-state index >= 15 is 0 Å². The molecule has 1 fully saturated rings. The smallest absolute Gasteiger partial charge is 0.427 e. The molecule has 5 nitrogen and oxygen atoms in total. The lowest BCUT2D eigenvalue weighted by molar-refractivity contribution is -0.187. The molecule has 0 saturated carbocycles. The van der Waals surface area contributed by atoms with Crippen molar-refractivity contribution in [3.63, 3.8) is 0 Å². The number of rotatable bonds is 5. The number of β-amino-alcohol motifs (C(OH)–C–C–N with tert-alkyl or cyclic N) is 1. The van der Waals surface area contributed by atoms with Gasteiger partial charge in [-0.2, -0.15) is 0 Å². The fraction of sp³-hybridized carbons (Fsp3) is 0.667. The Labute approximate surface area is 167 Å². The standard InChI is InChI=1S/C21H32ClNO4/c1-6-14(7-2)17-12-23(27-20(25)26-21(3,4)5)13-18(24)19(17)15-8-10-16(22)11-9-15/h8-11,14,17-19,24H,6-7,12-13H2,1-5H3. The van der Waals surface area contributed by atoms with Gasteiger partial charge in [-0.1, -0.05) is 50.4 Å². The van der Waals surface area contributed by atoms with Gasteiger partial charge in [-0.25, -0.2) is 4.79 Å². The second kappa shape index (κ2) is 9.26. The van der Waals surface area contributed by atoms with Crippen LogP contribution >= 0.6 is 11.6 Å². The van der Waals surface area contributed by atoms with Crippen LogP contribution in [-0.4, -0.2) is 41.1 Å². The van der Waals surface area contributed by atoms with E-state index in [1.807, 2.05) is 24.3 Å². The van der Waals surface area contributed by atoms with Crippen molar-refractivity contribution in [3.8, 4) is 0 Å². The number of hydrogen-bond acceptors (Lipinski definition) is 5. The molecule has 0 bridgehead atoms. The molecule has 0 radical (unpaired) electrons. The Balaban J connectivity index is 2.20. The summed E-state index contributed by atoms with van der Waals surface area (Å²) in [6.07, 6.45) is 0.618. The van der Waals surface area contributed by atoms with Crippen LogP contribution in [0.15, 0.2) is 24.3 Å². The van der Waals surface area contributed by atoms with E-state index in [9.17, 15) is 9.90 Å². The highest BCUT2D eigenvalue weighted by molar-refractivity contribution is 6.30. The van der Waals surface area contributed by atoms with E-state index < -0.39 is 17.9 Å². The first-order valence-corrected chi connectivity index (χ1v) is 10.1. The van der Waals surface area contributed by atoms with Gasteiger partial charge in [-0.3, -0.25) is 0 Å². The number of hydroxylamine groups is 2. The maximum Gasteiger partial charge on any atom is 0.528 e. The predicted octanol–water partition coefficient (Wildman–Crippen LogP) is 5.02. The van der Waals surface area contributed by atoms with Gasteiger partial charge >= 0.3 is 6.16 Å². The SMILES string of the molecule is CCC(CC)C1CN(OC(=O)OC(C)(C)C)CC(O)C1c1ccc(Cl)cc1. The molecule has 1 aromatic rings. The molecule has 1 saturated heterocycles. The summed E-state index contributed by atoms with van der Waals surface area (Å²) in [7, 11) is 0. The van der Waals surface area contributed by atoms with Gasteiger partial charge in [0.1, 0.15) is 5.60 Å². The van der Waals surface area contributed by atoms with Crippen LogP contribution in [0.2, 0.25) is 5.02 Å². The second-order valence-electron chi connectivity index (χ2n) is 8.29. The quantitative estimate of drug-likeness (QED) is 0.707. The van der Waals surface area contributed by atoms with E-state index in [0.29, 0.717) is 17.5 Å². The zero-order valence-electron chi connectivity index (χ0n) is 16.9. The van der Waals surface area contributed by atoms with Crippen LogP contribution in [-0.2, 0) is 9.57 Å². The molecule has 152 valence electrons.